The van der Waals surface area contributed by atoms with Crippen LogP contribution in [0.4, 0.5) is 10.5 Å². The molecule has 142 valence electrons. The Morgan fingerprint density at radius 1 is 1.11 bits per heavy atom. The van der Waals surface area contributed by atoms with Gasteiger partial charge in [-0.25, -0.2) is 4.79 Å². The van der Waals surface area contributed by atoms with Crippen molar-refractivity contribution in [2.45, 2.75) is 51.1 Å². The number of benzene rings is 2. The summed E-state index contributed by atoms with van der Waals surface area (Å²) in [7, 11) is 1.87. The number of fused-ring (bicyclic) bond motifs is 1. The molecule has 2 aromatic carbocycles. The molecule has 27 heavy (non-hydrogen) atoms. The quantitative estimate of drug-likeness (QED) is 0.764. The SMILES string of the molecule is CN(C(=O)Oc1ccc2c(c1)CCN2Cc1ccccc1)C1CCCCC1. The molecule has 1 fully saturated rings. The molecule has 0 saturated heterocycles. The van der Waals surface area contributed by atoms with Gasteiger partial charge in [-0.1, -0.05) is 49.6 Å². The van der Waals surface area contributed by atoms with Gasteiger partial charge >= 0.3 is 6.09 Å². The van der Waals surface area contributed by atoms with Crippen molar-refractivity contribution in [1.29, 1.82) is 0 Å². The predicted molar refractivity (Wildman–Crippen MR) is 108 cm³/mol. The number of hydrogen-bond donors (Lipinski definition) is 0. The molecular weight excluding hydrogens is 336 g/mol. The number of hydrogen-bond acceptors (Lipinski definition) is 3. The van der Waals surface area contributed by atoms with E-state index in [-0.39, 0.29) is 6.09 Å². The Morgan fingerprint density at radius 3 is 2.67 bits per heavy atom. The molecule has 0 bridgehead atoms. The minimum atomic E-state index is -0.235. The molecule has 0 radical (unpaired) electrons. The van der Waals surface area contributed by atoms with E-state index in [1.54, 1.807) is 4.90 Å². The summed E-state index contributed by atoms with van der Waals surface area (Å²) < 4.78 is 5.68. The van der Waals surface area contributed by atoms with E-state index < -0.39 is 0 Å². The second kappa shape index (κ2) is 8.03. The van der Waals surface area contributed by atoms with Crippen LogP contribution in [0.3, 0.4) is 0 Å². The lowest BCUT2D eigenvalue weighted by atomic mass is 9.95. The maximum atomic E-state index is 12.5. The normalized spacial score (nSPS) is 16.9. The van der Waals surface area contributed by atoms with Crippen LogP contribution >= 0.6 is 0 Å². The van der Waals surface area contributed by atoms with Crippen molar-refractivity contribution >= 4 is 11.8 Å². The maximum Gasteiger partial charge on any atom is 0.415 e. The largest absolute Gasteiger partial charge is 0.415 e. The number of carbonyl (C=O) groups excluding carboxylic acids is 1. The average Bonchev–Trinajstić information content (AvgIpc) is 3.11. The van der Waals surface area contributed by atoms with E-state index >= 15 is 0 Å². The van der Waals surface area contributed by atoms with E-state index in [9.17, 15) is 4.79 Å². The van der Waals surface area contributed by atoms with Crippen LogP contribution in [0.15, 0.2) is 48.5 Å². The minimum Gasteiger partial charge on any atom is -0.410 e. The van der Waals surface area contributed by atoms with Gasteiger partial charge in [-0.3, -0.25) is 0 Å². The number of anilines is 1. The molecule has 2 aromatic rings. The van der Waals surface area contributed by atoms with E-state index in [0.717, 1.165) is 32.4 Å². The zero-order valence-corrected chi connectivity index (χ0v) is 16.1. The lowest BCUT2D eigenvalue weighted by Crippen LogP contribution is -2.39. The summed E-state index contributed by atoms with van der Waals surface area (Å²) in [5.41, 5.74) is 3.82. The first-order valence-electron chi connectivity index (χ1n) is 10.1. The number of ether oxygens (including phenoxy) is 1. The second-order valence-corrected chi connectivity index (χ2v) is 7.72. The lowest BCUT2D eigenvalue weighted by Gasteiger charge is -2.30. The van der Waals surface area contributed by atoms with Gasteiger partial charge < -0.3 is 14.5 Å². The van der Waals surface area contributed by atoms with Crippen molar-refractivity contribution in [3.8, 4) is 5.75 Å². The Hall–Kier alpha value is -2.49. The topological polar surface area (TPSA) is 32.8 Å². The molecule has 4 nitrogen and oxygen atoms in total. The van der Waals surface area contributed by atoms with Crippen molar-refractivity contribution in [3.63, 3.8) is 0 Å². The van der Waals surface area contributed by atoms with Crippen molar-refractivity contribution < 1.29 is 9.53 Å². The van der Waals surface area contributed by atoms with Gasteiger partial charge in [0.25, 0.3) is 0 Å². The third-order valence-corrected chi connectivity index (χ3v) is 5.87. The summed E-state index contributed by atoms with van der Waals surface area (Å²) in [6.07, 6.45) is 6.63. The third kappa shape index (κ3) is 4.10. The van der Waals surface area contributed by atoms with E-state index in [2.05, 4.69) is 35.2 Å². The summed E-state index contributed by atoms with van der Waals surface area (Å²) in [5.74, 6) is 0.656. The smallest absolute Gasteiger partial charge is 0.410 e. The summed E-state index contributed by atoms with van der Waals surface area (Å²) in [6, 6.07) is 16.9. The van der Waals surface area contributed by atoms with Gasteiger partial charge in [-0.05, 0) is 48.6 Å². The molecule has 0 aromatic heterocycles. The first-order chi connectivity index (χ1) is 13.2. The maximum absolute atomic E-state index is 12.5. The van der Waals surface area contributed by atoms with Crippen LogP contribution in [0.5, 0.6) is 5.75 Å². The Labute approximate surface area is 161 Å². The highest BCUT2D eigenvalue weighted by molar-refractivity contribution is 5.71. The van der Waals surface area contributed by atoms with Gasteiger partial charge in [0.15, 0.2) is 0 Å². The molecule has 0 atom stereocenters. The third-order valence-electron chi connectivity index (χ3n) is 5.87. The van der Waals surface area contributed by atoms with Crippen molar-refractivity contribution in [3.05, 3.63) is 59.7 Å². The van der Waals surface area contributed by atoms with Gasteiger partial charge in [0, 0.05) is 31.9 Å². The van der Waals surface area contributed by atoms with Crippen LogP contribution in [0, 0.1) is 0 Å². The predicted octanol–water partition coefficient (Wildman–Crippen LogP) is 5.01. The van der Waals surface area contributed by atoms with Crippen molar-refractivity contribution in [2.24, 2.45) is 0 Å². The minimum absolute atomic E-state index is 0.235. The molecule has 2 aliphatic rings. The van der Waals surface area contributed by atoms with Crippen molar-refractivity contribution in [1.82, 2.24) is 4.90 Å². The first-order valence-corrected chi connectivity index (χ1v) is 10.1. The molecule has 0 spiro atoms. The van der Waals surface area contributed by atoms with Crippen LogP contribution < -0.4 is 9.64 Å². The molecule has 0 N–H and O–H groups in total. The van der Waals surface area contributed by atoms with E-state index in [1.807, 2.05) is 25.2 Å². The number of nitrogens with zero attached hydrogens (tertiary/aromatic N) is 2. The average molecular weight is 364 g/mol. The van der Waals surface area contributed by atoms with E-state index in [4.69, 9.17) is 4.74 Å². The fraction of sp³-hybridized carbons (Fsp3) is 0.435. The molecular formula is C23H28N2O2. The first kappa shape index (κ1) is 17.9. The summed E-state index contributed by atoms with van der Waals surface area (Å²) in [5, 5.41) is 0. The standard InChI is InChI=1S/C23H28N2O2/c1-24(20-10-6-3-7-11-20)23(26)27-21-12-13-22-19(16-21)14-15-25(22)17-18-8-4-2-5-9-18/h2,4-5,8-9,12-13,16,20H,3,6-7,10-11,14-15,17H2,1H3. The molecule has 0 unspecified atom stereocenters. The molecule has 1 saturated carbocycles. The molecule has 4 heteroatoms. The zero-order chi connectivity index (χ0) is 18.6. The Bertz CT molecular complexity index is 784. The highest BCUT2D eigenvalue weighted by atomic mass is 16.6. The van der Waals surface area contributed by atoms with Gasteiger partial charge in [-0.2, -0.15) is 0 Å². The van der Waals surface area contributed by atoms with Crippen molar-refractivity contribution in [2.75, 3.05) is 18.5 Å². The number of carbonyl (C=O) groups is 1. The molecule has 1 aliphatic heterocycles. The van der Waals surface area contributed by atoms with E-state index in [1.165, 1.54) is 36.1 Å². The van der Waals surface area contributed by atoms with Crippen LogP contribution in [0.2, 0.25) is 0 Å². The van der Waals surface area contributed by atoms with Gasteiger partial charge in [0.05, 0.1) is 0 Å². The highest BCUT2D eigenvalue weighted by Crippen LogP contribution is 2.32. The summed E-state index contributed by atoms with van der Waals surface area (Å²) >= 11 is 0. The monoisotopic (exact) mass is 364 g/mol. The fourth-order valence-electron chi connectivity index (χ4n) is 4.27. The Kier molecular flexibility index (Phi) is 5.33. The molecule has 1 heterocycles. The molecule has 1 amide bonds. The second-order valence-electron chi connectivity index (χ2n) is 7.72. The van der Waals surface area contributed by atoms with Crippen LogP contribution in [-0.2, 0) is 13.0 Å². The summed E-state index contributed by atoms with van der Waals surface area (Å²) in [6.45, 7) is 1.92. The number of rotatable bonds is 4. The molecule has 4 rings (SSSR count). The molecule has 1 aliphatic carbocycles. The van der Waals surface area contributed by atoms with Crippen LogP contribution in [0.25, 0.3) is 0 Å². The van der Waals surface area contributed by atoms with Gasteiger partial charge in [0.1, 0.15) is 5.75 Å². The number of amides is 1. The van der Waals surface area contributed by atoms with Gasteiger partial charge in [-0.15, -0.1) is 0 Å². The van der Waals surface area contributed by atoms with Crippen LogP contribution in [-0.4, -0.2) is 30.6 Å². The fourth-order valence-corrected chi connectivity index (χ4v) is 4.27. The zero-order valence-electron chi connectivity index (χ0n) is 16.1. The highest BCUT2D eigenvalue weighted by Gasteiger charge is 2.24. The summed E-state index contributed by atoms with van der Waals surface area (Å²) in [4.78, 5) is 16.7. The van der Waals surface area contributed by atoms with Gasteiger partial charge in [0.2, 0.25) is 0 Å². The van der Waals surface area contributed by atoms with E-state index in [0.29, 0.717) is 11.8 Å². The Morgan fingerprint density at radius 2 is 1.89 bits per heavy atom. The van der Waals surface area contributed by atoms with Crippen LogP contribution in [0.1, 0.15) is 43.2 Å². The lowest BCUT2D eigenvalue weighted by molar-refractivity contribution is 0.133. The Balaban J connectivity index is 1.40.